The predicted octanol–water partition coefficient (Wildman–Crippen LogP) is 2.87. The molecule has 0 aliphatic heterocycles. The SMILES string of the molecule is CCONC(=O)c1sc2nc(C3CC3)nc(C)c2c1C. The molecule has 106 valence electrons. The first-order valence-corrected chi connectivity index (χ1v) is 7.63. The van der Waals surface area contributed by atoms with Crippen molar-refractivity contribution < 1.29 is 9.63 Å². The average Bonchev–Trinajstić information content (AvgIpc) is 3.21. The number of thiophene rings is 1. The number of hydrogen-bond donors (Lipinski definition) is 1. The first kappa shape index (κ1) is 13.5. The lowest BCUT2D eigenvalue weighted by molar-refractivity contribution is 0.0368. The quantitative estimate of drug-likeness (QED) is 0.880. The highest BCUT2D eigenvalue weighted by Gasteiger charge is 2.28. The number of carbonyl (C=O) groups is 1. The third-order valence-electron chi connectivity index (χ3n) is 3.45. The number of hydroxylamine groups is 1. The number of hydrogen-bond acceptors (Lipinski definition) is 5. The second-order valence-corrected chi connectivity index (χ2v) is 6.04. The highest BCUT2D eigenvalue weighted by molar-refractivity contribution is 7.20. The molecule has 5 nitrogen and oxygen atoms in total. The van der Waals surface area contributed by atoms with Crippen LogP contribution in [0.4, 0.5) is 0 Å². The van der Waals surface area contributed by atoms with E-state index in [-0.39, 0.29) is 5.91 Å². The van der Waals surface area contributed by atoms with Gasteiger partial charge in [0.15, 0.2) is 0 Å². The Hall–Kier alpha value is -1.53. The Labute approximate surface area is 121 Å². The van der Waals surface area contributed by atoms with Gasteiger partial charge in [-0.25, -0.2) is 15.4 Å². The summed E-state index contributed by atoms with van der Waals surface area (Å²) in [6, 6.07) is 0. The van der Waals surface area contributed by atoms with E-state index in [2.05, 4.69) is 15.4 Å². The van der Waals surface area contributed by atoms with E-state index in [1.54, 1.807) is 0 Å². The van der Waals surface area contributed by atoms with Gasteiger partial charge in [0.1, 0.15) is 10.7 Å². The van der Waals surface area contributed by atoms with Gasteiger partial charge in [0.05, 0.1) is 17.2 Å². The summed E-state index contributed by atoms with van der Waals surface area (Å²) in [5.74, 6) is 1.23. The Kier molecular flexibility index (Phi) is 3.43. The van der Waals surface area contributed by atoms with Crippen LogP contribution in [0.15, 0.2) is 0 Å². The van der Waals surface area contributed by atoms with Crippen molar-refractivity contribution in [1.29, 1.82) is 0 Å². The zero-order valence-electron chi connectivity index (χ0n) is 11.8. The van der Waals surface area contributed by atoms with Gasteiger partial charge in [-0.1, -0.05) is 0 Å². The fourth-order valence-electron chi connectivity index (χ4n) is 2.28. The molecule has 0 unspecified atom stereocenters. The fourth-order valence-corrected chi connectivity index (χ4v) is 3.41. The van der Waals surface area contributed by atoms with Crippen LogP contribution in [0.1, 0.15) is 52.4 Å². The molecular weight excluding hydrogens is 274 g/mol. The molecule has 0 saturated heterocycles. The standard InChI is InChI=1S/C14H17N3O2S/c1-4-19-17-13(18)11-7(2)10-8(3)15-12(9-5-6-9)16-14(10)20-11/h9H,4-6H2,1-3H3,(H,17,18). The number of fused-ring (bicyclic) bond motifs is 1. The molecule has 1 aliphatic rings. The van der Waals surface area contributed by atoms with Gasteiger partial charge in [-0.05, 0) is 39.2 Å². The fraction of sp³-hybridized carbons (Fsp3) is 0.500. The van der Waals surface area contributed by atoms with E-state index >= 15 is 0 Å². The van der Waals surface area contributed by atoms with Crippen LogP contribution < -0.4 is 5.48 Å². The molecule has 20 heavy (non-hydrogen) atoms. The van der Waals surface area contributed by atoms with Crippen LogP contribution >= 0.6 is 11.3 Å². The molecule has 0 spiro atoms. The summed E-state index contributed by atoms with van der Waals surface area (Å²) in [5.41, 5.74) is 4.33. The van der Waals surface area contributed by atoms with E-state index in [1.165, 1.54) is 24.2 Å². The summed E-state index contributed by atoms with van der Waals surface area (Å²) in [7, 11) is 0. The normalized spacial score (nSPS) is 14.8. The van der Waals surface area contributed by atoms with E-state index in [0.717, 1.165) is 27.3 Å². The Morgan fingerprint density at radius 1 is 1.40 bits per heavy atom. The van der Waals surface area contributed by atoms with E-state index in [0.29, 0.717) is 17.4 Å². The minimum absolute atomic E-state index is 0.209. The van der Waals surface area contributed by atoms with Crippen molar-refractivity contribution in [3.8, 4) is 0 Å². The summed E-state index contributed by atoms with van der Waals surface area (Å²) in [4.78, 5) is 27.8. The molecule has 1 saturated carbocycles. The van der Waals surface area contributed by atoms with Crippen LogP contribution in [0.5, 0.6) is 0 Å². The molecule has 1 N–H and O–H groups in total. The molecular formula is C14H17N3O2S. The second kappa shape index (κ2) is 5.10. The number of amides is 1. The van der Waals surface area contributed by atoms with Crippen LogP contribution in [0.25, 0.3) is 10.2 Å². The van der Waals surface area contributed by atoms with Crippen LogP contribution in [0.3, 0.4) is 0 Å². The maximum Gasteiger partial charge on any atom is 0.285 e. The van der Waals surface area contributed by atoms with Crippen LogP contribution in [0, 0.1) is 13.8 Å². The highest BCUT2D eigenvalue weighted by Crippen LogP contribution is 2.40. The van der Waals surface area contributed by atoms with E-state index in [9.17, 15) is 4.79 Å². The zero-order chi connectivity index (χ0) is 14.3. The van der Waals surface area contributed by atoms with Gasteiger partial charge in [-0.15, -0.1) is 11.3 Å². The van der Waals surface area contributed by atoms with Crippen LogP contribution in [0.2, 0.25) is 0 Å². The van der Waals surface area contributed by atoms with Crippen molar-refractivity contribution >= 4 is 27.5 Å². The number of nitrogens with one attached hydrogen (secondary N) is 1. The Bertz CT molecular complexity index is 677. The first-order chi connectivity index (χ1) is 9.61. The predicted molar refractivity (Wildman–Crippen MR) is 78.0 cm³/mol. The van der Waals surface area contributed by atoms with Gasteiger partial charge in [-0.3, -0.25) is 9.63 Å². The molecule has 1 fully saturated rings. The maximum absolute atomic E-state index is 12.1. The molecule has 0 bridgehead atoms. The third kappa shape index (κ3) is 2.29. The van der Waals surface area contributed by atoms with E-state index < -0.39 is 0 Å². The van der Waals surface area contributed by atoms with Gasteiger partial charge in [-0.2, -0.15) is 0 Å². The minimum Gasteiger partial charge on any atom is -0.274 e. The average molecular weight is 291 g/mol. The van der Waals surface area contributed by atoms with E-state index in [1.807, 2.05) is 20.8 Å². The smallest absolute Gasteiger partial charge is 0.274 e. The van der Waals surface area contributed by atoms with Crippen molar-refractivity contribution in [3.05, 3.63) is 22.0 Å². The number of nitrogens with zero attached hydrogens (tertiary/aromatic N) is 2. The van der Waals surface area contributed by atoms with Gasteiger partial charge in [0, 0.05) is 11.3 Å². The maximum atomic E-state index is 12.1. The lowest BCUT2D eigenvalue weighted by Gasteiger charge is -2.03. The van der Waals surface area contributed by atoms with Crippen LogP contribution in [-0.2, 0) is 4.84 Å². The third-order valence-corrected chi connectivity index (χ3v) is 4.63. The summed E-state index contributed by atoms with van der Waals surface area (Å²) in [6.07, 6.45) is 2.35. The topological polar surface area (TPSA) is 64.1 Å². The largest absolute Gasteiger partial charge is 0.285 e. The molecule has 1 aliphatic carbocycles. The van der Waals surface area contributed by atoms with Crippen molar-refractivity contribution in [2.75, 3.05) is 6.61 Å². The van der Waals surface area contributed by atoms with Crippen molar-refractivity contribution in [2.45, 2.75) is 39.5 Å². The first-order valence-electron chi connectivity index (χ1n) is 6.81. The van der Waals surface area contributed by atoms with Crippen molar-refractivity contribution in [2.24, 2.45) is 0 Å². The molecule has 2 aromatic rings. The summed E-state index contributed by atoms with van der Waals surface area (Å²) in [6.45, 7) is 6.20. The monoisotopic (exact) mass is 291 g/mol. The Balaban J connectivity index is 2.04. The van der Waals surface area contributed by atoms with Crippen molar-refractivity contribution in [3.63, 3.8) is 0 Å². The summed E-state index contributed by atoms with van der Waals surface area (Å²) < 4.78 is 0. The van der Waals surface area contributed by atoms with Crippen molar-refractivity contribution in [1.82, 2.24) is 15.4 Å². The second-order valence-electron chi connectivity index (χ2n) is 5.04. The molecule has 3 rings (SSSR count). The van der Waals surface area contributed by atoms with Gasteiger partial charge in [0.2, 0.25) is 0 Å². The van der Waals surface area contributed by atoms with Crippen LogP contribution in [-0.4, -0.2) is 22.5 Å². The van der Waals surface area contributed by atoms with Gasteiger partial charge >= 0.3 is 0 Å². The minimum atomic E-state index is -0.209. The summed E-state index contributed by atoms with van der Waals surface area (Å²) >= 11 is 1.41. The van der Waals surface area contributed by atoms with E-state index in [4.69, 9.17) is 4.84 Å². The summed E-state index contributed by atoms with van der Waals surface area (Å²) in [5, 5.41) is 1.00. The number of carbonyl (C=O) groups excluding carboxylic acids is 1. The number of aromatic nitrogens is 2. The molecule has 2 heterocycles. The molecule has 2 aromatic heterocycles. The number of aryl methyl sites for hydroxylation is 2. The molecule has 0 atom stereocenters. The highest BCUT2D eigenvalue weighted by atomic mass is 32.1. The molecule has 1 amide bonds. The lowest BCUT2D eigenvalue weighted by atomic mass is 10.1. The lowest BCUT2D eigenvalue weighted by Crippen LogP contribution is -2.23. The number of rotatable bonds is 4. The zero-order valence-corrected chi connectivity index (χ0v) is 12.6. The molecule has 6 heteroatoms. The van der Waals surface area contributed by atoms with Gasteiger partial charge in [0.25, 0.3) is 5.91 Å². The molecule has 0 aromatic carbocycles. The Morgan fingerprint density at radius 2 is 2.15 bits per heavy atom. The molecule has 0 radical (unpaired) electrons. The van der Waals surface area contributed by atoms with Gasteiger partial charge < -0.3 is 0 Å². The Morgan fingerprint density at radius 3 is 2.80 bits per heavy atom.